The molecule has 0 spiro atoms. The van der Waals surface area contributed by atoms with Crippen LogP contribution in [-0.2, 0) is 4.74 Å². The van der Waals surface area contributed by atoms with Gasteiger partial charge in [-0.3, -0.25) is 0 Å². The van der Waals surface area contributed by atoms with Gasteiger partial charge in [0.1, 0.15) is 5.01 Å². The molecule has 1 nitrogen and oxygen atoms in total. The first kappa shape index (κ1) is 11.3. The molecule has 0 amide bonds. The lowest BCUT2D eigenvalue weighted by Crippen LogP contribution is -2.14. The summed E-state index contributed by atoms with van der Waals surface area (Å²) in [5.41, 5.74) is 0. The van der Waals surface area contributed by atoms with E-state index < -0.39 is 3.49 Å². The first-order chi connectivity index (χ1) is 4.45. The fourth-order valence-electron chi connectivity index (χ4n) is 0.422. The highest BCUT2D eigenvalue weighted by atomic mass is 79.9. The van der Waals surface area contributed by atoms with Crippen LogP contribution in [0.25, 0.3) is 0 Å². The smallest absolute Gasteiger partial charge is 0.222 e. The van der Waals surface area contributed by atoms with Gasteiger partial charge in [0.2, 0.25) is 3.49 Å². The lowest BCUT2D eigenvalue weighted by atomic mass is 10.5. The van der Waals surface area contributed by atoms with Gasteiger partial charge in [0, 0.05) is 13.0 Å². The van der Waals surface area contributed by atoms with Crippen LogP contribution in [0.2, 0.25) is 0 Å². The molecule has 0 aliphatic carbocycles. The zero-order valence-corrected chi connectivity index (χ0v) is 10.2. The number of ether oxygens (including phenoxy) is 1. The minimum Gasteiger partial charge on any atom is -0.367 e. The van der Waals surface area contributed by atoms with Crippen LogP contribution in [-0.4, -0.2) is 15.1 Å². The van der Waals surface area contributed by atoms with Crippen LogP contribution in [0.1, 0.15) is 13.3 Å². The highest BCUT2D eigenvalue weighted by Gasteiger charge is 2.24. The molecule has 0 rings (SSSR count). The fraction of sp³-hybridized carbons (Fsp3) is 1.00. The van der Waals surface area contributed by atoms with E-state index in [0.717, 1.165) is 0 Å². The van der Waals surface area contributed by atoms with E-state index in [9.17, 15) is 4.39 Å². The van der Waals surface area contributed by atoms with Crippen LogP contribution in [0.4, 0.5) is 4.39 Å². The van der Waals surface area contributed by atoms with Crippen molar-refractivity contribution in [3.8, 4) is 0 Å². The maximum atomic E-state index is 12.7. The van der Waals surface area contributed by atoms with Gasteiger partial charge in [-0.25, -0.2) is 4.39 Å². The van der Waals surface area contributed by atoms with Crippen LogP contribution in [0.5, 0.6) is 0 Å². The Kier molecular flexibility index (Phi) is 5.73. The zero-order valence-electron chi connectivity index (χ0n) is 5.41. The highest BCUT2D eigenvalue weighted by molar-refractivity contribution is 9.25. The average molecular weight is 343 g/mol. The largest absolute Gasteiger partial charge is 0.367 e. The van der Waals surface area contributed by atoms with Gasteiger partial charge in [-0.2, -0.15) is 0 Å². The van der Waals surface area contributed by atoms with Crippen LogP contribution < -0.4 is 0 Å². The number of hydrogen-bond acceptors (Lipinski definition) is 1. The first-order valence-corrected chi connectivity index (χ1v) is 5.28. The van der Waals surface area contributed by atoms with Gasteiger partial charge >= 0.3 is 0 Å². The van der Waals surface area contributed by atoms with Crippen molar-refractivity contribution < 1.29 is 9.13 Å². The molecule has 0 saturated heterocycles. The van der Waals surface area contributed by atoms with Gasteiger partial charge in [-0.05, 0) is 38.8 Å². The molecule has 0 fully saturated rings. The number of rotatable bonds is 4. The molecular weight excluding hydrogens is 335 g/mol. The Morgan fingerprint density at radius 2 is 2.10 bits per heavy atom. The summed E-state index contributed by atoms with van der Waals surface area (Å²) in [6.07, 6.45) is 0.223. The maximum Gasteiger partial charge on any atom is 0.222 e. The third kappa shape index (κ3) is 7.44. The van der Waals surface area contributed by atoms with Gasteiger partial charge in [-0.15, -0.1) is 0 Å². The molecule has 0 saturated carbocycles. The molecule has 0 heterocycles. The van der Waals surface area contributed by atoms with E-state index in [1.165, 1.54) is 0 Å². The van der Waals surface area contributed by atoms with Crippen molar-refractivity contribution >= 4 is 47.8 Å². The summed E-state index contributed by atoms with van der Waals surface area (Å²) in [6.45, 7) is 2.43. The summed E-state index contributed by atoms with van der Waals surface area (Å²) in [4.78, 5) is 0. The zero-order chi connectivity index (χ0) is 8.20. The second-order valence-corrected chi connectivity index (χ2v) is 6.28. The topological polar surface area (TPSA) is 9.23 Å². The second kappa shape index (κ2) is 5.06. The minimum atomic E-state index is -1.52. The van der Waals surface area contributed by atoms with E-state index >= 15 is 0 Å². The third-order valence-electron chi connectivity index (χ3n) is 0.739. The Morgan fingerprint density at radius 3 is 2.40 bits per heavy atom. The minimum absolute atomic E-state index is 0.223. The Balaban J connectivity index is 3.47. The lowest BCUT2D eigenvalue weighted by molar-refractivity contribution is 0.112. The van der Waals surface area contributed by atoms with Crippen molar-refractivity contribution in [2.24, 2.45) is 0 Å². The molecule has 1 atom stereocenters. The number of halogens is 4. The molecule has 0 bridgehead atoms. The molecule has 10 heavy (non-hydrogen) atoms. The van der Waals surface area contributed by atoms with E-state index in [2.05, 4.69) is 47.8 Å². The number of alkyl halides is 4. The quantitative estimate of drug-likeness (QED) is 0.710. The van der Waals surface area contributed by atoms with Gasteiger partial charge in [-0.1, -0.05) is 15.9 Å². The molecule has 0 radical (unpaired) electrons. The van der Waals surface area contributed by atoms with Crippen molar-refractivity contribution in [2.75, 3.05) is 6.61 Å². The van der Waals surface area contributed by atoms with Gasteiger partial charge < -0.3 is 4.74 Å². The molecule has 0 aromatic rings. The van der Waals surface area contributed by atoms with Crippen molar-refractivity contribution in [1.29, 1.82) is 0 Å². The van der Waals surface area contributed by atoms with Gasteiger partial charge in [0.15, 0.2) is 0 Å². The second-order valence-electron chi connectivity index (χ2n) is 1.68. The SMILES string of the molecule is CCOC(Br)CC(F)(Br)Br. The molecule has 5 heteroatoms. The lowest BCUT2D eigenvalue weighted by Gasteiger charge is -2.14. The van der Waals surface area contributed by atoms with Crippen molar-refractivity contribution in [2.45, 2.75) is 21.8 Å². The van der Waals surface area contributed by atoms with Gasteiger partial charge in [0.25, 0.3) is 0 Å². The molecule has 0 N–H and O–H groups in total. The molecular formula is C5H8Br3FO. The van der Waals surface area contributed by atoms with Crippen molar-refractivity contribution in [3.63, 3.8) is 0 Å². The predicted octanol–water partition coefficient (Wildman–Crippen LogP) is 3.55. The van der Waals surface area contributed by atoms with Crippen molar-refractivity contribution in [1.82, 2.24) is 0 Å². The van der Waals surface area contributed by atoms with E-state index in [4.69, 9.17) is 4.74 Å². The molecule has 0 aliphatic heterocycles. The van der Waals surface area contributed by atoms with E-state index in [1.54, 1.807) is 0 Å². The molecule has 0 aromatic heterocycles. The van der Waals surface area contributed by atoms with Crippen LogP contribution in [0.3, 0.4) is 0 Å². The maximum absolute atomic E-state index is 12.7. The number of hydrogen-bond donors (Lipinski definition) is 0. The molecule has 0 aromatic carbocycles. The van der Waals surface area contributed by atoms with Crippen LogP contribution in [0.15, 0.2) is 0 Å². The first-order valence-electron chi connectivity index (χ1n) is 2.78. The Hall–Kier alpha value is 1.33. The summed E-state index contributed by atoms with van der Waals surface area (Å²) in [6, 6.07) is 0. The molecule has 0 aliphatic rings. The van der Waals surface area contributed by atoms with Crippen LogP contribution in [0, 0.1) is 0 Å². The standard InChI is InChI=1S/C5H8Br3FO/c1-2-10-4(6)3-5(7,8)9/h4H,2-3H2,1H3. The normalized spacial score (nSPS) is 15.3. The monoisotopic (exact) mass is 340 g/mol. The summed E-state index contributed by atoms with van der Waals surface area (Å²) in [5, 5.41) is -0.249. The Bertz CT molecular complexity index is 93.4. The van der Waals surface area contributed by atoms with Crippen LogP contribution >= 0.6 is 47.8 Å². The Morgan fingerprint density at radius 1 is 1.60 bits per heavy atom. The molecule has 1 unspecified atom stereocenters. The summed E-state index contributed by atoms with van der Waals surface area (Å²) < 4.78 is 16.2. The van der Waals surface area contributed by atoms with Gasteiger partial charge in [0.05, 0.1) is 0 Å². The summed E-state index contributed by atoms with van der Waals surface area (Å²) in [5.74, 6) is 0. The van der Waals surface area contributed by atoms with E-state index in [0.29, 0.717) is 6.61 Å². The van der Waals surface area contributed by atoms with E-state index in [1.807, 2.05) is 6.92 Å². The predicted molar refractivity (Wildman–Crippen MR) is 50.7 cm³/mol. The third-order valence-corrected chi connectivity index (χ3v) is 1.98. The fourth-order valence-corrected chi connectivity index (χ4v) is 2.59. The van der Waals surface area contributed by atoms with Crippen molar-refractivity contribution in [3.05, 3.63) is 0 Å². The molecule has 62 valence electrons. The summed E-state index contributed by atoms with van der Waals surface area (Å²) >= 11 is 8.73. The summed E-state index contributed by atoms with van der Waals surface area (Å²) in [7, 11) is 0. The Labute approximate surface area is 85.1 Å². The average Bonchev–Trinajstić information content (AvgIpc) is 1.59. The van der Waals surface area contributed by atoms with E-state index in [-0.39, 0.29) is 11.4 Å². The highest BCUT2D eigenvalue weighted by Crippen LogP contribution is 2.34.